The molecule has 0 spiro atoms. The number of hydrogen-bond acceptors (Lipinski definition) is 4. The first-order valence-corrected chi connectivity index (χ1v) is 6.24. The molecule has 0 bridgehead atoms. The third-order valence-corrected chi connectivity index (χ3v) is 4.86. The third-order valence-electron chi connectivity index (χ3n) is 1.94. The highest BCUT2D eigenvalue weighted by Gasteiger charge is 2.21. The first-order valence-electron chi connectivity index (χ1n) is 4.04. The molecule has 1 aliphatic heterocycles. The van der Waals surface area contributed by atoms with E-state index in [0.29, 0.717) is 6.04 Å². The molecule has 66 valence electrons. The highest BCUT2D eigenvalue weighted by molar-refractivity contribution is 8.06. The molecule has 1 saturated heterocycles. The van der Waals surface area contributed by atoms with Gasteiger partial charge in [0.2, 0.25) is 0 Å². The van der Waals surface area contributed by atoms with Crippen molar-refractivity contribution in [3.63, 3.8) is 0 Å². The normalized spacial score (nSPS) is 28.4. The molecule has 1 heterocycles. The van der Waals surface area contributed by atoms with Gasteiger partial charge in [0.25, 0.3) is 0 Å². The molecule has 2 atom stereocenters. The van der Waals surface area contributed by atoms with E-state index < -0.39 is 0 Å². The first-order chi connectivity index (χ1) is 5.38. The monoisotopic (exact) mass is 192 g/mol. The van der Waals surface area contributed by atoms with Gasteiger partial charge in [0, 0.05) is 28.6 Å². The van der Waals surface area contributed by atoms with Crippen LogP contribution in [-0.2, 0) is 0 Å². The van der Waals surface area contributed by atoms with Crippen LogP contribution in [-0.4, -0.2) is 28.6 Å². The van der Waals surface area contributed by atoms with Gasteiger partial charge < -0.3 is 0 Å². The molecule has 2 nitrogen and oxygen atoms in total. The van der Waals surface area contributed by atoms with Crippen molar-refractivity contribution in [3.05, 3.63) is 0 Å². The Morgan fingerprint density at radius 2 is 2.45 bits per heavy atom. The number of rotatable bonds is 3. The number of thioether (sulfide) groups is 2. The Bertz CT molecular complexity index is 101. The summed E-state index contributed by atoms with van der Waals surface area (Å²) in [5.74, 6) is 9.29. The number of nitrogens with two attached hydrogens (primary N) is 1. The van der Waals surface area contributed by atoms with Crippen molar-refractivity contribution < 1.29 is 0 Å². The largest absolute Gasteiger partial charge is 0.271 e. The standard InChI is InChI=1S/C7H16N2S2/c1-2-6(9-8)7-5-10-3-4-11-7/h6-7,9H,2-5,8H2,1H3. The Kier molecular flexibility index (Phi) is 4.67. The van der Waals surface area contributed by atoms with Crippen LogP contribution in [0.15, 0.2) is 0 Å². The van der Waals surface area contributed by atoms with Gasteiger partial charge >= 0.3 is 0 Å². The zero-order chi connectivity index (χ0) is 8.10. The van der Waals surface area contributed by atoms with Gasteiger partial charge in [-0.15, -0.1) is 0 Å². The van der Waals surface area contributed by atoms with Gasteiger partial charge in [-0.25, -0.2) is 0 Å². The molecule has 3 N–H and O–H groups in total. The van der Waals surface area contributed by atoms with Gasteiger partial charge in [0.15, 0.2) is 0 Å². The van der Waals surface area contributed by atoms with Gasteiger partial charge in [0.1, 0.15) is 0 Å². The van der Waals surface area contributed by atoms with Crippen LogP contribution in [0.2, 0.25) is 0 Å². The average molecular weight is 192 g/mol. The molecular weight excluding hydrogens is 176 g/mol. The smallest absolute Gasteiger partial charge is 0.0334 e. The van der Waals surface area contributed by atoms with E-state index in [2.05, 4.69) is 24.1 Å². The Morgan fingerprint density at radius 1 is 1.64 bits per heavy atom. The van der Waals surface area contributed by atoms with Crippen molar-refractivity contribution in [1.82, 2.24) is 5.43 Å². The average Bonchev–Trinajstić information content (AvgIpc) is 2.09. The Morgan fingerprint density at radius 3 is 2.91 bits per heavy atom. The van der Waals surface area contributed by atoms with Crippen molar-refractivity contribution in [3.8, 4) is 0 Å². The summed E-state index contributed by atoms with van der Waals surface area (Å²) in [6.45, 7) is 2.18. The molecule has 0 aromatic rings. The van der Waals surface area contributed by atoms with Crippen LogP contribution < -0.4 is 11.3 Å². The van der Waals surface area contributed by atoms with E-state index in [1.165, 1.54) is 17.3 Å². The lowest BCUT2D eigenvalue weighted by Gasteiger charge is -2.27. The quantitative estimate of drug-likeness (QED) is 0.518. The molecule has 1 fully saturated rings. The summed E-state index contributed by atoms with van der Waals surface area (Å²) in [7, 11) is 0. The summed E-state index contributed by atoms with van der Waals surface area (Å²) in [6, 6.07) is 0.507. The van der Waals surface area contributed by atoms with Crippen LogP contribution >= 0.6 is 23.5 Å². The van der Waals surface area contributed by atoms with Gasteiger partial charge in [0.05, 0.1) is 0 Å². The second kappa shape index (κ2) is 5.30. The Balaban J connectivity index is 2.30. The molecule has 0 aliphatic carbocycles. The van der Waals surface area contributed by atoms with E-state index in [9.17, 15) is 0 Å². The predicted molar refractivity (Wildman–Crippen MR) is 55.0 cm³/mol. The van der Waals surface area contributed by atoms with E-state index in [1.54, 1.807) is 0 Å². The third kappa shape index (κ3) is 2.86. The molecule has 0 amide bonds. The molecule has 1 aliphatic rings. The van der Waals surface area contributed by atoms with Crippen LogP contribution in [0.4, 0.5) is 0 Å². The fourth-order valence-corrected chi connectivity index (χ4v) is 4.19. The molecular formula is C7H16N2S2. The minimum atomic E-state index is 0.507. The summed E-state index contributed by atoms with van der Waals surface area (Å²) < 4.78 is 0. The second-order valence-electron chi connectivity index (χ2n) is 2.67. The van der Waals surface area contributed by atoms with Crippen molar-refractivity contribution in [2.75, 3.05) is 17.3 Å². The summed E-state index contributed by atoms with van der Waals surface area (Å²) in [6.07, 6.45) is 1.13. The fraction of sp³-hybridized carbons (Fsp3) is 1.00. The van der Waals surface area contributed by atoms with Crippen LogP contribution in [0, 0.1) is 0 Å². The lowest BCUT2D eigenvalue weighted by Crippen LogP contribution is -2.44. The molecule has 11 heavy (non-hydrogen) atoms. The highest BCUT2D eigenvalue weighted by Crippen LogP contribution is 2.26. The van der Waals surface area contributed by atoms with E-state index in [0.717, 1.165) is 11.7 Å². The van der Waals surface area contributed by atoms with Crippen LogP contribution in [0.1, 0.15) is 13.3 Å². The van der Waals surface area contributed by atoms with Crippen molar-refractivity contribution in [2.24, 2.45) is 5.84 Å². The number of hydrazine groups is 1. The van der Waals surface area contributed by atoms with E-state index >= 15 is 0 Å². The number of nitrogens with one attached hydrogen (secondary N) is 1. The van der Waals surface area contributed by atoms with Gasteiger partial charge in [-0.2, -0.15) is 23.5 Å². The summed E-state index contributed by atoms with van der Waals surface area (Å²) in [4.78, 5) is 0. The molecule has 1 rings (SSSR count). The van der Waals surface area contributed by atoms with Gasteiger partial charge in [-0.3, -0.25) is 11.3 Å². The fourth-order valence-electron chi connectivity index (χ4n) is 1.23. The zero-order valence-corrected chi connectivity index (χ0v) is 8.51. The maximum Gasteiger partial charge on any atom is 0.0334 e. The van der Waals surface area contributed by atoms with Crippen molar-refractivity contribution >= 4 is 23.5 Å². The van der Waals surface area contributed by atoms with Crippen molar-refractivity contribution in [1.29, 1.82) is 0 Å². The second-order valence-corrected chi connectivity index (χ2v) is 5.16. The molecule has 4 heteroatoms. The van der Waals surface area contributed by atoms with E-state index in [-0.39, 0.29) is 0 Å². The highest BCUT2D eigenvalue weighted by atomic mass is 32.2. The molecule has 0 saturated carbocycles. The van der Waals surface area contributed by atoms with Gasteiger partial charge in [-0.05, 0) is 6.42 Å². The summed E-state index contributed by atoms with van der Waals surface area (Å²) in [5.41, 5.74) is 2.89. The maximum atomic E-state index is 5.44. The van der Waals surface area contributed by atoms with E-state index in [1.807, 2.05) is 11.8 Å². The molecule has 2 unspecified atom stereocenters. The van der Waals surface area contributed by atoms with Crippen LogP contribution in [0.3, 0.4) is 0 Å². The van der Waals surface area contributed by atoms with Crippen molar-refractivity contribution in [2.45, 2.75) is 24.6 Å². The lowest BCUT2D eigenvalue weighted by molar-refractivity contribution is 0.512. The number of hydrogen-bond donors (Lipinski definition) is 2. The summed E-state index contributed by atoms with van der Waals surface area (Å²) in [5, 5.41) is 0.726. The first kappa shape index (κ1) is 9.71. The molecule has 0 aromatic carbocycles. The van der Waals surface area contributed by atoms with Crippen LogP contribution in [0.5, 0.6) is 0 Å². The van der Waals surface area contributed by atoms with Crippen LogP contribution in [0.25, 0.3) is 0 Å². The van der Waals surface area contributed by atoms with Gasteiger partial charge in [-0.1, -0.05) is 6.92 Å². The Labute approximate surface area is 77.0 Å². The zero-order valence-electron chi connectivity index (χ0n) is 6.88. The minimum absolute atomic E-state index is 0.507. The maximum absolute atomic E-state index is 5.44. The molecule has 0 aromatic heterocycles. The predicted octanol–water partition coefficient (Wildman–Crippen LogP) is 1.08. The molecule has 0 radical (unpaired) electrons. The topological polar surface area (TPSA) is 38.0 Å². The lowest BCUT2D eigenvalue weighted by atomic mass is 10.2. The van der Waals surface area contributed by atoms with E-state index in [4.69, 9.17) is 5.84 Å². The minimum Gasteiger partial charge on any atom is -0.271 e. The summed E-state index contributed by atoms with van der Waals surface area (Å²) >= 11 is 4.10. The Hall–Kier alpha value is 0.620. The SMILES string of the molecule is CCC(NN)C1CSCCS1.